The summed E-state index contributed by atoms with van der Waals surface area (Å²) < 4.78 is 7.67. The number of hydrogen-bond acceptors (Lipinski definition) is 6. The lowest BCUT2D eigenvalue weighted by molar-refractivity contribution is 0.102. The first-order valence-corrected chi connectivity index (χ1v) is 10.1. The van der Waals surface area contributed by atoms with Gasteiger partial charge in [-0.05, 0) is 38.3 Å². The molecule has 138 valence electrons. The number of benzene rings is 1. The van der Waals surface area contributed by atoms with Gasteiger partial charge in [-0.25, -0.2) is 0 Å². The molecule has 4 rings (SSSR count). The van der Waals surface area contributed by atoms with Crippen molar-refractivity contribution in [2.24, 2.45) is 0 Å². The summed E-state index contributed by atoms with van der Waals surface area (Å²) >= 11 is 1.50. The Morgan fingerprint density at radius 2 is 2.00 bits per heavy atom. The number of hydrogen-bond donors (Lipinski definition) is 0. The molecule has 1 saturated carbocycles. The lowest BCUT2D eigenvalue weighted by atomic mass is 10.0. The summed E-state index contributed by atoms with van der Waals surface area (Å²) in [4.78, 5) is 14.9. The van der Waals surface area contributed by atoms with Gasteiger partial charge in [0, 0.05) is 24.7 Å². The molecule has 2 heterocycles. The molecular weight excluding hydrogens is 348 g/mol. The summed E-state index contributed by atoms with van der Waals surface area (Å²) in [7, 11) is 0. The summed E-state index contributed by atoms with van der Waals surface area (Å²) in [5.41, 5.74) is 2.95. The van der Waals surface area contributed by atoms with E-state index in [0.717, 1.165) is 66.9 Å². The maximum absolute atomic E-state index is 12.7. The zero-order valence-corrected chi connectivity index (χ0v) is 16.1. The summed E-state index contributed by atoms with van der Waals surface area (Å²) in [6, 6.07) is 6.50. The number of aryl methyl sites for hydroxylation is 2. The van der Waals surface area contributed by atoms with Crippen LogP contribution < -0.4 is 4.90 Å². The average molecular weight is 372 g/mol. The molecule has 0 atom stereocenters. The number of carbonyl (C=O) groups is 1. The van der Waals surface area contributed by atoms with Crippen molar-refractivity contribution in [1.82, 2.24) is 14.8 Å². The SMILES string of the molecule is Cc1ccc(C)c(C(=O)CSc2nnc(N3CCOCC3)n2C2CC2)c1. The van der Waals surface area contributed by atoms with Crippen LogP contribution in [0.15, 0.2) is 23.4 Å². The Morgan fingerprint density at radius 3 is 2.73 bits per heavy atom. The van der Waals surface area contributed by atoms with Gasteiger partial charge in [-0.15, -0.1) is 10.2 Å². The molecule has 1 aliphatic heterocycles. The van der Waals surface area contributed by atoms with E-state index in [1.165, 1.54) is 11.8 Å². The topological polar surface area (TPSA) is 60.3 Å². The fourth-order valence-electron chi connectivity index (χ4n) is 3.24. The van der Waals surface area contributed by atoms with Gasteiger partial charge in [0.05, 0.1) is 19.0 Å². The van der Waals surface area contributed by atoms with E-state index in [2.05, 4.69) is 19.7 Å². The van der Waals surface area contributed by atoms with Gasteiger partial charge in [0.15, 0.2) is 10.9 Å². The van der Waals surface area contributed by atoms with Crippen LogP contribution in [-0.4, -0.2) is 52.6 Å². The minimum Gasteiger partial charge on any atom is -0.378 e. The number of rotatable bonds is 6. The van der Waals surface area contributed by atoms with E-state index < -0.39 is 0 Å². The van der Waals surface area contributed by atoms with Crippen molar-refractivity contribution in [2.75, 3.05) is 37.0 Å². The van der Waals surface area contributed by atoms with Crippen LogP contribution >= 0.6 is 11.8 Å². The van der Waals surface area contributed by atoms with Gasteiger partial charge < -0.3 is 9.64 Å². The van der Waals surface area contributed by atoms with Crippen molar-refractivity contribution in [3.05, 3.63) is 34.9 Å². The normalized spacial score (nSPS) is 17.5. The third-order valence-electron chi connectivity index (χ3n) is 4.88. The van der Waals surface area contributed by atoms with Crippen molar-refractivity contribution in [1.29, 1.82) is 0 Å². The number of aromatic nitrogens is 3. The lowest BCUT2D eigenvalue weighted by Gasteiger charge is -2.27. The van der Waals surface area contributed by atoms with Crippen LogP contribution in [0.3, 0.4) is 0 Å². The van der Waals surface area contributed by atoms with E-state index in [9.17, 15) is 4.79 Å². The van der Waals surface area contributed by atoms with Crippen LogP contribution in [0.1, 0.15) is 40.4 Å². The molecule has 0 bridgehead atoms. The predicted molar refractivity (Wildman–Crippen MR) is 102 cm³/mol. The summed E-state index contributed by atoms with van der Waals surface area (Å²) in [6.07, 6.45) is 2.32. The zero-order valence-electron chi connectivity index (χ0n) is 15.3. The van der Waals surface area contributed by atoms with Crippen LogP contribution in [0.5, 0.6) is 0 Å². The van der Waals surface area contributed by atoms with E-state index in [4.69, 9.17) is 4.74 Å². The molecule has 7 heteroatoms. The van der Waals surface area contributed by atoms with Gasteiger partial charge in [-0.3, -0.25) is 9.36 Å². The molecule has 1 aliphatic carbocycles. The number of carbonyl (C=O) groups excluding carboxylic acids is 1. The van der Waals surface area contributed by atoms with E-state index in [0.29, 0.717) is 11.8 Å². The van der Waals surface area contributed by atoms with E-state index in [1.807, 2.05) is 32.0 Å². The number of Topliss-reactive ketones (excluding diaryl/α,β-unsaturated/α-hetero) is 1. The smallest absolute Gasteiger partial charge is 0.228 e. The molecule has 2 fully saturated rings. The van der Waals surface area contributed by atoms with Crippen molar-refractivity contribution in [2.45, 2.75) is 37.9 Å². The first-order valence-electron chi connectivity index (χ1n) is 9.14. The van der Waals surface area contributed by atoms with Crippen LogP contribution in [0, 0.1) is 13.8 Å². The van der Waals surface area contributed by atoms with E-state index in [-0.39, 0.29) is 5.78 Å². The molecule has 0 unspecified atom stereocenters. The number of anilines is 1. The molecular formula is C19H24N4O2S. The average Bonchev–Trinajstić information content (AvgIpc) is 3.41. The highest BCUT2D eigenvalue weighted by atomic mass is 32.2. The summed E-state index contributed by atoms with van der Waals surface area (Å²) in [5.74, 6) is 1.46. The zero-order chi connectivity index (χ0) is 18.1. The van der Waals surface area contributed by atoms with Crippen molar-refractivity contribution in [3.63, 3.8) is 0 Å². The van der Waals surface area contributed by atoms with Gasteiger partial charge in [-0.2, -0.15) is 0 Å². The molecule has 6 nitrogen and oxygen atoms in total. The number of morpholine rings is 1. The molecule has 0 amide bonds. The van der Waals surface area contributed by atoms with Crippen molar-refractivity contribution < 1.29 is 9.53 Å². The second kappa shape index (κ2) is 7.40. The Bertz CT molecular complexity index is 810. The molecule has 26 heavy (non-hydrogen) atoms. The summed E-state index contributed by atoms with van der Waals surface area (Å²) in [6.45, 7) is 7.15. The number of thioether (sulfide) groups is 1. The summed E-state index contributed by atoms with van der Waals surface area (Å²) in [5, 5.41) is 9.69. The van der Waals surface area contributed by atoms with Crippen LogP contribution in [-0.2, 0) is 4.74 Å². The maximum atomic E-state index is 12.7. The molecule has 0 N–H and O–H groups in total. The van der Waals surface area contributed by atoms with Crippen LogP contribution in [0.2, 0.25) is 0 Å². The Morgan fingerprint density at radius 1 is 1.23 bits per heavy atom. The van der Waals surface area contributed by atoms with Crippen molar-refractivity contribution >= 4 is 23.5 Å². The van der Waals surface area contributed by atoms with Crippen LogP contribution in [0.4, 0.5) is 5.95 Å². The number of ether oxygens (including phenoxy) is 1. The fraction of sp³-hybridized carbons (Fsp3) is 0.526. The molecule has 2 aliphatic rings. The van der Waals surface area contributed by atoms with E-state index >= 15 is 0 Å². The third-order valence-corrected chi connectivity index (χ3v) is 5.82. The fourth-order valence-corrected chi connectivity index (χ4v) is 4.13. The Kier molecular flexibility index (Phi) is 5.00. The third kappa shape index (κ3) is 3.64. The molecule has 0 radical (unpaired) electrons. The maximum Gasteiger partial charge on any atom is 0.228 e. The molecule has 1 saturated heterocycles. The highest BCUT2D eigenvalue weighted by Gasteiger charge is 2.32. The first kappa shape index (κ1) is 17.5. The minimum absolute atomic E-state index is 0.148. The van der Waals surface area contributed by atoms with E-state index in [1.54, 1.807) is 0 Å². The Balaban J connectivity index is 1.50. The second-order valence-electron chi connectivity index (χ2n) is 7.01. The quantitative estimate of drug-likeness (QED) is 0.574. The highest BCUT2D eigenvalue weighted by Crippen LogP contribution is 2.41. The van der Waals surface area contributed by atoms with Gasteiger partial charge >= 0.3 is 0 Å². The Labute approximate surface area is 157 Å². The molecule has 2 aromatic rings. The monoisotopic (exact) mass is 372 g/mol. The van der Waals surface area contributed by atoms with Gasteiger partial charge in [0.1, 0.15) is 0 Å². The second-order valence-corrected chi connectivity index (χ2v) is 7.96. The van der Waals surface area contributed by atoms with Crippen LogP contribution in [0.25, 0.3) is 0 Å². The van der Waals surface area contributed by atoms with Gasteiger partial charge in [-0.1, -0.05) is 29.5 Å². The standard InChI is InChI=1S/C19H24N4O2S/c1-13-3-4-14(2)16(11-13)17(24)12-26-19-21-20-18(23(19)15-5-6-15)22-7-9-25-10-8-22/h3-4,11,15H,5-10,12H2,1-2H3. The minimum atomic E-state index is 0.148. The van der Waals surface area contributed by atoms with Crippen molar-refractivity contribution in [3.8, 4) is 0 Å². The van der Waals surface area contributed by atoms with Gasteiger partial charge in [0.25, 0.3) is 0 Å². The molecule has 1 aromatic carbocycles. The predicted octanol–water partition coefficient (Wildman–Crippen LogP) is 3.04. The molecule has 1 aromatic heterocycles. The van der Waals surface area contributed by atoms with Gasteiger partial charge in [0.2, 0.25) is 5.95 Å². The Hall–Kier alpha value is -1.86. The number of ketones is 1. The first-order chi connectivity index (χ1) is 12.6. The number of nitrogens with zero attached hydrogens (tertiary/aromatic N) is 4. The highest BCUT2D eigenvalue weighted by molar-refractivity contribution is 7.99. The molecule has 0 spiro atoms. The lowest BCUT2D eigenvalue weighted by Crippen LogP contribution is -2.38. The largest absolute Gasteiger partial charge is 0.378 e.